The van der Waals surface area contributed by atoms with Gasteiger partial charge in [0.15, 0.2) is 0 Å². The fraction of sp³-hybridized carbons (Fsp3) is 0.889. The zero-order valence-electron chi connectivity index (χ0n) is 9.89. The molecule has 0 heterocycles. The van der Waals surface area contributed by atoms with Crippen molar-refractivity contribution >= 4 is 16.3 Å². The summed E-state index contributed by atoms with van der Waals surface area (Å²) >= 11 is 0. The zero-order valence-corrected chi connectivity index (χ0v) is 10.7. The Hall–Kier alpha value is -0.860. The van der Waals surface area contributed by atoms with Gasteiger partial charge in [-0.25, -0.2) is 9.52 Å². The third-order valence-corrected chi connectivity index (χ3v) is 3.45. The van der Waals surface area contributed by atoms with Crippen LogP contribution in [0.3, 0.4) is 0 Å². The van der Waals surface area contributed by atoms with Crippen molar-refractivity contribution in [3.8, 4) is 0 Å². The molecule has 0 radical (unpaired) electrons. The number of hydrogen-bond acceptors (Lipinski definition) is 5. The van der Waals surface area contributed by atoms with E-state index in [1.54, 1.807) is 18.6 Å². The molecule has 0 saturated heterocycles. The van der Waals surface area contributed by atoms with Crippen LogP contribution in [0, 0.1) is 5.41 Å². The minimum absolute atomic E-state index is 0.0635. The lowest BCUT2D eigenvalue weighted by Gasteiger charge is -2.14. The highest BCUT2D eigenvalue weighted by molar-refractivity contribution is 7.88. The van der Waals surface area contributed by atoms with E-state index in [1.165, 1.54) is 0 Å². The van der Waals surface area contributed by atoms with Gasteiger partial charge in [-0.15, -0.1) is 0 Å². The Morgan fingerprint density at radius 3 is 2.47 bits per heavy atom. The van der Waals surface area contributed by atoms with Crippen LogP contribution in [0.5, 0.6) is 0 Å². The van der Waals surface area contributed by atoms with E-state index in [1.807, 2.05) is 0 Å². The summed E-state index contributed by atoms with van der Waals surface area (Å²) in [6, 6.07) is 0. The predicted molar refractivity (Wildman–Crippen MR) is 60.4 cm³/mol. The minimum atomic E-state index is -3.92. The largest absolute Gasteiger partial charge is 0.446 e. The molecule has 1 rings (SSSR count). The number of amides is 1. The Labute approximate surface area is 101 Å². The topological polar surface area (TPSA) is 105 Å². The lowest BCUT2D eigenvalue weighted by Crippen LogP contribution is -2.43. The number of aliphatic hydroxyl groups excluding tert-OH is 1. The predicted octanol–water partition coefficient (Wildman–Crippen LogP) is -0.272. The number of nitrogens with one attached hydrogen (secondary N) is 2. The molecule has 1 amide bonds. The molecule has 0 aromatic rings. The molecule has 8 heteroatoms. The van der Waals surface area contributed by atoms with Gasteiger partial charge in [0.25, 0.3) is 0 Å². The van der Waals surface area contributed by atoms with Crippen LogP contribution in [0.4, 0.5) is 4.79 Å². The molecule has 0 unspecified atom stereocenters. The summed E-state index contributed by atoms with van der Waals surface area (Å²) in [4.78, 5) is 11.1. The number of aliphatic hydroxyl groups is 1. The van der Waals surface area contributed by atoms with E-state index in [0.29, 0.717) is 0 Å². The summed E-state index contributed by atoms with van der Waals surface area (Å²) in [6.45, 7) is 3.29. The summed E-state index contributed by atoms with van der Waals surface area (Å²) in [7, 11) is -3.92. The average Bonchev–Trinajstić information content (AvgIpc) is 2.93. The van der Waals surface area contributed by atoms with E-state index >= 15 is 0 Å². The molecule has 0 aromatic carbocycles. The zero-order chi connectivity index (χ0) is 13.1. The van der Waals surface area contributed by atoms with Crippen molar-refractivity contribution < 1.29 is 23.1 Å². The highest BCUT2D eigenvalue weighted by Crippen LogP contribution is 2.44. The van der Waals surface area contributed by atoms with Gasteiger partial charge in [0.2, 0.25) is 0 Å². The molecular formula is C9H18N2O5S. The van der Waals surface area contributed by atoms with Gasteiger partial charge in [-0.2, -0.15) is 13.1 Å². The molecule has 0 aliphatic heterocycles. The quantitative estimate of drug-likeness (QED) is 0.613. The highest BCUT2D eigenvalue weighted by atomic mass is 32.2. The molecule has 100 valence electrons. The summed E-state index contributed by atoms with van der Waals surface area (Å²) in [5.41, 5.74) is -0.350. The first-order valence-electron chi connectivity index (χ1n) is 5.37. The van der Waals surface area contributed by atoms with Gasteiger partial charge < -0.3 is 9.84 Å². The fourth-order valence-electron chi connectivity index (χ4n) is 1.20. The Morgan fingerprint density at radius 1 is 1.47 bits per heavy atom. The average molecular weight is 266 g/mol. The second-order valence-corrected chi connectivity index (χ2v) is 6.04. The highest BCUT2D eigenvalue weighted by Gasteiger charge is 2.42. The summed E-state index contributed by atoms with van der Waals surface area (Å²) in [6.07, 6.45) is 0.157. The van der Waals surface area contributed by atoms with Crippen molar-refractivity contribution in [2.75, 3.05) is 13.2 Å². The first kappa shape index (κ1) is 14.2. The van der Waals surface area contributed by atoms with Crippen LogP contribution >= 0.6 is 0 Å². The van der Waals surface area contributed by atoms with Crippen LogP contribution in [0.25, 0.3) is 0 Å². The second kappa shape index (κ2) is 5.19. The Balaban J connectivity index is 2.38. The lowest BCUT2D eigenvalue weighted by atomic mass is 10.1. The fourth-order valence-corrected chi connectivity index (χ4v) is 2.04. The van der Waals surface area contributed by atoms with E-state index in [2.05, 4.69) is 9.46 Å². The molecule has 0 spiro atoms. The molecule has 17 heavy (non-hydrogen) atoms. The standard InChI is InChI=1S/C9H18N2O5S/c1-7(2)16-8(13)11-17(14,15)10-5-9(6-12)3-4-9/h7,10,12H,3-6H2,1-2H3,(H,11,13). The molecule has 1 aliphatic carbocycles. The maximum atomic E-state index is 11.4. The Bertz CT molecular complexity index is 375. The molecule has 0 aromatic heterocycles. The Morgan fingerprint density at radius 2 is 2.06 bits per heavy atom. The maximum absolute atomic E-state index is 11.4. The van der Waals surface area contributed by atoms with Gasteiger partial charge in [0.05, 0.1) is 6.10 Å². The lowest BCUT2D eigenvalue weighted by molar-refractivity contribution is 0.121. The number of carbonyl (C=O) groups is 1. The number of ether oxygens (including phenoxy) is 1. The molecule has 1 fully saturated rings. The van der Waals surface area contributed by atoms with Gasteiger partial charge in [0, 0.05) is 18.6 Å². The van der Waals surface area contributed by atoms with Crippen LogP contribution in [0.2, 0.25) is 0 Å². The van der Waals surface area contributed by atoms with Gasteiger partial charge >= 0.3 is 16.3 Å². The van der Waals surface area contributed by atoms with Gasteiger partial charge in [-0.05, 0) is 26.7 Å². The van der Waals surface area contributed by atoms with Crippen LogP contribution in [-0.2, 0) is 14.9 Å². The van der Waals surface area contributed by atoms with E-state index in [9.17, 15) is 13.2 Å². The van der Waals surface area contributed by atoms with Crippen molar-refractivity contribution in [2.24, 2.45) is 5.41 Å². The first-order chi connectivity index (χ1) is 7.79. The third kappa shape index (κ3) is 4.88. The SMILES string of the molecule is CC(C)OC(=O)NS(=O)(=O)NCC1(CO)CC1. The van der Waals surface area contributed by atoms with Crippen molar-refractivity contribution in [2.45, 2.75) is 32.8 Å². The molecular weight excluding hydrogens is 248 g/mol. The molecule has 0 bridgehead atoms. The normalized spacial score (nSPS) is 17.9. The van der Waals surface area contributed by atoms with Crippen molar-refractivity contribution in [3.05, 3.63) is 0 Å². The Kier molecular flexibility index (Phi) is 4.34. The third-order valence-electron chi connectivity index (χ3n) is 2.49. The summed E-state index contributed by atoms with van der Waals surface area (Å²) in [5, 5.41) is 9.01. The number of carbonyl (C=O) groups excluding carboxylic acids is 1. The molecule has 3 N–H and O–H groups in total. The van der Waals surface area contributed by atoms with Crippen molar-refractivity contribution in [1.82, 2.24) is 9.44 Å². The van der Waals surface area contributed by atoms with E-state index < -0.39 is 22.4 Å². The van der Waals surface area contributed by atoms with Crippen LogP contribution in [0.1, 0.15) is 26.7 Å². The van der Waals surface area contributed by atoms with Crippen molar-refractivity contribution in [3.63, 3.8) is 0 Å². The monoisotopic (exact) mass is 266 g/mol. The second-order valence-electron chi connectivity index (χ2n) is 4.54. The number of rotatable bonds is 6. The van der Waals surface area contributed by atoms with E-state index in [4.69, 9.17) is 5.11 Å². The molecule has 1 saturated carbocycles. The van der Waals surface area contributed by atoms with Gasteiger partial charge in [-0.3, -0.25) is 0 Å². The van der Waals surface area contributed by atoms with Crippen molar-refractivity contribution in [1.29, 1.82) is 0 Å². The van der Waals surface area contributed by atoms with Crippen LogP contribution < -0.4 is 9.44 Å². The van der Waals surface area contributed by atoms with Gasteiger partial charge in [0.1, 0.15) is 0 Å². The molecule has 7 nitrogen and oxygen atoms in total. The molecule has 0 atom stereocenters. The van der Waals surface area contributed by atoms with E-state index in [0.717, 1.165) is 12.8 Å². The van der Waals surface area contributed by atoms with Gasteiger partial charge in [-0.1, -0.05) is 0 Å². The first-order valence-corrected chi connectivity index (χ1v) is 6.86. The summed E-state index contributed by atoms with van der Waals surface area (Å²) < 4.78 is 31.4. The number of hydrogen-bond donors (Lipinski definition) is 3. The summed E-state index contributed by atoms with van der Waals surface area (Å²) in [5.74, 6) is 0. The minimum Gasteiger partial charge on any atom is -0.446 e. The maximum Gasteiger partial charge on any atom is 0.422 e. The van der Waals surface area contributed by atoms with Crippen LogP contribution in [0.15, 0.2) is 0 Å². The molecule has 1 aliphatic rings. The van der Waals surface area contributed by atoms with E-state index in [-0.39, 0.29) is 18.6 Å². The van der Waals surface area contributed by atoms with Crippen LogP contribution in [-0.4, -0.2) is 38.9 Å². The smallest absolute Gasteiger partial charge is 0.422 e.